The SMILES string of the molecule is CC.CC.Cc1cc2ccccc2n1C. The van der Waals surface area contributed by atoms with E-state index in [0.29, 0.717) is 0 Å². The summed E-state index contributed by atoms with van der Waals surface area (Å²) in [4.78, 5) is 0. The maximum atomic E-state index is 2.20. The lowest BCUT2D eigenvalue weighted by Gasteiger charge is -1.96. The van der Waals surface area contributed by atoms with Gasteiger partial charge in [0.15, 0.2) is 0 Å². The molecule has 0 amide bonds. The second kappa shape index (κ2) is 7.10. The molecule has 0 atom stereocenters. The molecule has 0 aliphatic rings. The summed E-state index contributed by atoms with van der Waals surface area (Å²) in [6.45, 7) is 10.1. The van der Waals surface area contributed by atoms with Gasteiger partial charge in [0.05, 0.1) is 0 Å². The number of fused-ring (bicyclic) bond motifs is 1. The first-order valence-electron chi connectivity index (χ1n) is 5.80. The third-order valence-corrected chi connectivity index (χ3v) is 2.19. The molecule has 0 radical (unpaired) electrons. The van der Waals surface area contributed by atoms with Crippen LogP contribution in [0.25, 0.3) is 10.9 Å². The van der Waals surface area contributed by atoms with Crippen LogP contribution in [-0.4, -0.2) is 4.57 Å². The highest BCUT2D eigenvalue weighted by Crippen LogP contribution is 2.16. The van der Waals surface area contributed by atoms with Crippen molar-refractivity contribution in [2.24, 2.45) is 7.05 Å². The molecule has 0 bridgehead atoms. The summed E-state index contributed by atoms with van der Waals surface area (Å²) in [5.74, 6) is 0. The Balaban J connectivity index is 0.000000442. The number of nitrogens with zero attached hydrogens (tertiary/aromatic N) is 1. The molecule has 0 unspecified atom stereocenters. The molecule has 0 spiro atoms. The number of aromatic nitrogens is 1. The van der Waals surface area contributed by atoms with E-state index in [1.165, 1.54) is 16.6 Å². The molecule has 1 heteroatoms. The van der Waals surface area contributed by atoms with Crippen molar-refractivity contribution in [3.05, 3.63) is 36.0 Å². The molecule has 1 nitrogen and oxygen atoms in total. The van der Waals surface area contributed by atoms with E-state index in [4.69, 9.17) is 0 Å². The molecular weight excluding hydrogens is 182 g/mol. The van der Waals surface area contributed by atoms with E-state index < -0.39 is 0 Å². The first-order valence-corrected chi connectivity index (χ1v) is 5.80. The van der Waals surface area contributed by atoms with Gasteiger partial charge in [0.1, 0.15) is 0 Å². The van der Waals surface area contributed by atoms with Gasteiger partial charge in [-0.15, -0.1) is 0 Å². The van der Waals surface area contributed by atoms with Gasteiger partial charge in [-0.3, -0.25) is 0 Å². The molecule has 1 aromatic heterocycles. The van der Waals surface area contributed by atoms with E-state index in [0.717, 1.165) is 0 Å². The van der Waals surface area contributed by atoms with Gasteiger partial charge in [0.2, 0.25) is 0 Å². The van der Waals surface area contributed by atoms with Gasteiger partial charge in [0, 0.05) is 18.3 Å². The van der Waals surface area contributed by atoms with Gasteiger partial charge in [-0.1, -0.05) is 45.9 Å². The predicted octanol–water partition coefficient (Wildman–Crippen LogP) is 4.54. The van der Waals surface area contributed by atoms with Crippen molar-refractivity contribution in [1.82, 2.24) is 4.57 Å². The van der Waals surface area contributed by atoms with Crippen LogP contribution in [0.4, 0.5) is 0 Å². The Morgan fingerprint density at radius 3 is 2.00 bits per heavy atom. The lowest BCUT2D eigenvalue weighted by Crippen LogP contribution is -1.88. The standard InChI is InChI=1S/C10H11N.2C2H6/c1-8-7-9-5-3-4-6-10(9)11(8)2;2*1-2/h3-7H,1-2H3;2*1-2H3. The molecule has 2 rings (SSSR count). The summed E-state index contributed by atoms with van der Waals surface area (Å²) in [6.07, 6.45) is 0. The summed E-state index contributed by atoms with van der Waals surface area (Å²) in [5.41, 5.74) is 2.62. The number of rotatable bonds is 0. The zero-order valence-corrected chi connectivity index (χ0v) is 10.8. The van der Waals surface area contributed by atoms with E-state index in [1.807, 2.05) is 27.7 Å². The fourth-order valence-corrected chi connectivity index (χ4v) is 1.43. The Labute approximate surface area is 93.7 Å². The van der Waals surface area contributed by atoms with Gasteiger partial charge < -0.3 is 4.57 Å². The highest BCUT2D eigenvalue weighted by molar-refractivity contribution is 5.80. The topological polar surface area (TPSA) is 4.93 Å². The summed E-state index contributed by atoms with van der Waals surface area (Å²) in [5, 5.41) is 1.33. The van der Waals surface area contributed by atoms with Crippen molar-refractivity contribution in [2.75, 3.05) is 0 Å². The normalized spacial score (nSPS) is 8.67. The summed E-state index contributed by atoms with van der Waals surface area (Å²) in [7, 11) is 2.09. The van der Waals surface area contributed by atoms with Crippen LogP contribution in [0, 0.1) is 6.92 Å². The Hall–Kier alpha value is -1.24. The zero-order chi connectivity index (χ0) is 11.8. The van der Waals surface area contributed by atoms with Crippen LogP contribution in [0.15, 0.2) is 30.3 Å². The number of hydrogen-bond donors (Lipinski definition) is 0. The Morgan fingerprint density at radius 1 is 0.933 bits per heavy atom. The molecule has 0 saturated carbocycles. The second-order valence-corrected chi connectivity index (χ2v) is 2.90. The summed E-state index contributed by atoms with van der Waals surface area (Å²) in [6, 6.07) is 10.6. The Morgan fingerprint density at radius 2 is 1.47 bits per heavy atom. The molecule has 1 aromatic carbocycles. The minimum atomic E-state index is 1.31. The average Bonchev–Trinajstić information content (AvgIpc) is 2.61. The average molecular weight is 205 g/mol. The maximum absolute atomic E-state index is 2.20. The first-order chi connectivity index (χ1) is 7.29. The molecular formula is C14H23N. The minimum absolute atomic E-state index is 1.31. The lowest BCUT2D eigenvalue weighted by atomic mass is 10.2. The Bertz CT molecular complexity index is 385. The smallest absolute Gasteiger partial charge is 0.0479 e. The number of para-hydroxylation sites is 1. The summed E-state index contributed by atoms with van der Waals surface area (Å²) < 4.78 is 2.20. The largest absolute Gasteiger partial charge is 0.348 e. The molecule has 84 valence electrons. The minimum Gasteiger partial charge on any atom is -0.348 e. The van der Waals surface area contributed by atoms with Crippen LogP contribution in [0.1, 0.15) is 33.4 Å². The van der Waals surface area contributed by atoms with Crippen molar-refractivity contribution < 1.29 is 0 Å². The summed E-state index contributed by atoms with van der Waals surface area (Å²) >= 11 is 0. The number of aryl methyl sites for hydroxylation is 2. The maximum Gasteiger partial charge on any atom is 0.0479 e. The highest BCUT2D eigenvalue weighted by atomic mass is 14.9. The quantitative estimate of drug-likeness (QED) is 0.595. The number of benzene rings is 1. The van der Waals surface area contributed by atoms with Gasteiger partial charge in [0.25, 0.3) is 0 Å². The molecule has 15 heavy (non-hydrogen) atoms. The van der Waals surface area contributed by atoms with Gasteiger partial charge in [-0.2, -0.15) is 0 Å². The van der Waals surface area contributed by atoms with Crippen LogP contribution in [0.5, 0.6) is 0 Å². The van der Waals surface area contributed by atoms with E-state index >= 15 is 0 Å². The van der Waals surface area contributed by atoms with E-state index in [9.17, 15) is 0 Å². The fraction of sp³-hybridized carbons (Fsp3) is 0.429. The molecule has 0 aliphatic heterocycles. The van der Waals surface area contributed by atoms with Crippen molar-refractivity contribution in [3.8, 4) is 0 Å². The van der Waals surface area contributed by atoms with Crippen molar-refractivity contribution in [1.29, 1.82) is 0 Å². The van der Waals surface area contributed by atoms with Crippen molar-refractivity contribution >= 4 is 10.9 Å². The number of hydrogen-bond acceptors (Lipinski definition) is 0. The van der Waals surface area contributed by atoms with E-state index in [1.54, 1.807) is 0 Å². The molecule has 0 saturated heterocycles. The molecule has 1 heterocycles. The van der Waals surface area contributed by atoms with Gasteiger partial charge >= 0.3 is 0 Å². The predicted molar refractivity (Wildman–Crippen MR) is 70.4 cm³/mol. The van der Waals surface area contributed by atoms with Crippen molar-refractivity contribution in [3.63, 3.8) is 0 Å². The molecule has 0 fully saturated rings. The van der Waals surface area contributed by atoms with E-state index in [-0.39, 0.29) is 0 Å². The second-order valence-electron chi connectivity index (χ2n) is 2.90. The van der Waals surface area contributed by atoms with Crippen LogP contribution < -0.4 is 0 Å². The molecule has 2 aromatic rings. The first kappa shape index (κ1) is 13.8. The van der Waals surface area contributed by atoms with Gasteiger partial charge in [-0.05, 0) is 24.4 Å². The molecule has 0 N–H and O–H groups in total. The fourth-order valence-electron chi connectivity index (χ4n) is 1.43. The third kappa shape index (κ3) is 3.12. The monoisotopic (exact) mass is 205 g/mol. The van der Waals surface area contributed by atoms with Crippen LogP contribution in [-0.2, 0) is 7.05 Å². The van der Waals surface area contributed by atoms with E-state index in [2.05, 4.69) is 48.9 Å². The highest BCUT2D eigenvalue weighted by Gasteiger charge is 1.98. The zero-order valence-electron chi connectivity index (χ0n) is 10.8. The third-order valence-electron chi connectivity index (χ3n) is 2.19. The lowest BCUT2D eigenvalue weighted by molar-refractivity contribution is 0.918. The van der Waals surface area contributed by atoms with Gasteiger partial charge in [-0.25, -0.2) is 0 Å². The van der Waals surface area contributed by atoms with Crippen LogP contribution in [0.2, 0.25) is 0 Å². The Kier molecular flexibility index (Phi) is 6.52. The van der Waals surface area contributed by atoms with Crippen LogP contribution >= 0.6 is 0 Å². The molecule has 0 aliphatic carbocycles. The van der Waals surface area contributed by atoms with Crippen LogP contribution in [0.3, 0.4) is 0 Å². The van der Waals surface area contributed by atoms with Crippen molar-refractivity contribution in [2.45, 2.75) is 34.6 Å².